The molecule has 0 aliphatic heterocycles. The number of aryl methyl sites for hydroxylation is 1. The molecule has 0 unspecified atom stereocenters. The number of hydrogen-bond acceptors (Lipinski definition) is 5. The molecule has 19 heavy (non-hydrogen) atoms. The zero-order valence-corrected chi connectivity index (χ0v) is 11.8. The number of aromatic nitrogens is 4. The average molecular weight is 283 g/mol. The molecule has 0 aliphatic rings. The fourth-order valence-corrected chi connectivity index (χ4v) is 1.82. The third-order valence-electron chi connectivity index (χ3n) is 2.61. The van der Waals surface area contributed by atoms with E-state index in [0.29, 0.717) is 13.1 Å². The van der Waals surface area contributed by atoms with Crippen LogP contribution in [0, 0.1) is 0 Å². The first-order valence-electron chi connectivity index (χ1n) is 5.97. The van der Waals surface area contributed by atoms with Gasteiger partial charge in [0.15, 0.2) is 5.82 Å². The summed E-state index contributed by atoms with van der Waals surface area (Å²) < 4.78 is 0. The highest BCUT2D eigenvalue weighted by Crippen LogP contribution is 2.06. The fourth-order valence-electron chi connectivity index (χ4n) is 1.82. The van der Waals surface area contributed by atoms with E-state index < -0.39 is 0 Å². The Labute approximate surface area is 119 Å². The minimum Gasteiger partial charge on any atom is -0.329 e. The van der Waals surface area contributed by atoms with Gasteiger partial charge >= 0.3 is 0 Å². The summed E-state index contributed by atoms with van der Waals surface area (Å²) in [6.07, 6.45) is 0. The second kappa shape index (κ2) is 7.83. The summed E-state index contributed by atoms with van der Waals surface area (Å²) in [5, 5.41) is 12.0. The second-order valence-corrected chi connectivity index (χ2v) is 4.18. The molecule has 0 fully saturated rings. The Kier molecular flexibility index (Phi) is 6.41. The molecule has 1 aromatic carbocycles. The molecule has 0 atom stereocenters. The van der Waals surface area contributed by atoms with Crippen LogP contribution in [-0.2, 0) is 20.1 Å². The Morgan fingerprint density at radius 2 is 1.95 bits per heavy atom. The van der Waals surface area contributed by atoms with Gasteiger partial charge in [-0.2, -0.15) is 4.80 Å². The molecule has 0 saturated carbocycles. The van der Waals surface area contributed by atoms with Crippen molar-refractivity contribution in [3.8, 4) is 0 Å². The van der Waals surface area contributed by atoms with Gasteiger partial charge in [-0.3, -0.25) is 4.90 Å². The zero-order valence-electron chi connectivity index (χ0n) is 10.9. The van der Waals surface area contributed by atoms with E-state index in [1.807, 2.05) is 18.2 Å². The van der Waals surface area contributed by atoms with Gasteiger partial charge in [0, 0.05) is 19.6 Å². The van der Waals surface area contributed by atoms with Crippen LogP contribution in [0.15, 0.2) is 30.3 Å². The van der Waals surface area contributed by atoms with Crippen molar-refractivity contribution in [1.82, 2.24) is 25.1 Å². The van der Waals surface area contributed by atoms with E-state index in [4.69, 9.17) is 5.73 Å². The predicted molar refractivity (Wildman–Crippen MR) is 75.7 cm³/mol. The fraction of sp³-hybridized carbons (Fsp3) is 0.417. The van der Waals surface area contributed by atoms with Gasteiger partial charge in [-0.25, -0.2) is 0 Å². The Morgan fingerprint density at radius 3 is 2.53 bits per heavy atom. The van der Waals surface area contributed by atoms with Gasteiger partial charge in [0.05, 0.1) is 13.6 Å². The van der Waals surface area contributed by atoms with Crippen molar-refractivity contribution in [2.45, 2.75) is 13.1 Å². The molecule has 2 aromatic rings. The van der Waals surface area contributed by atoms with E-state index in [1.165, 1.54) is 10.4 Å². The summed E-state index contributed by atoms with van der Waals surface area (Å²) in [5.74, 6) is 0.724. The maximum atomic E-state index is 5.64. The van der Waals surface area contributed by atoms with Crippen LogP contribution in [0.4, 0.5) is 0 Å². The van der Waals surface area contributed by atoms with Crippen LogP contribution >= 0.6 is 12.4 Å². The van der Waals surface area contributed by atoms with Crippen LogP contribution in [0.2, 0.25) is 0 Å². The molecule has 0 spiro atoms. The van der Waals surface area contributed by atoms with Crippen molar-refractivity contribution in [2.24, 2.45) is 12.8 Å². The molecule has 2 rings (SSSR count). The van der Waals surface area contributed by atoms with Crippen molar-refractivity contribution >= 4 is 12.4 Å². The summed E-state index contributed by atoms with van der Waals surface area (Å²) in [6.45, 7) is 2.94. The van der Waals surface area contributed by atoms with Crippen LogP contribution in [0.5, 0.6) is 0 Å². The summed E-state index contributed by atoms with van der Waals surface area (Å²) in [7, 11) is 1.76. The normalized spacial score (nSPS) is 10.5. The molecular weight excluding hydrogens is 264 g/mol. The lowest BCUT2D eigenvalue weighted by Gasteiger charge is -2.19. The quantitative estimate of drug-likeness (QED) is 0.840. The molecule has 7 heteroatoms. The monoisotopic (exact) mass is 282 g/mol. The van der Waals surface area contributed by atoms with Crippen LogP contribution in [0.3, 0.4) is 0 Å². The molecular formula is C12H19ClN6. The molecule has 2 N–H and O–H groups in total. The third-order valence-corrected chi connectivity index (χ3v) is 2.61. The van der Waals surface area contributed by atoms with E-state index in [9.17, 15) is 0 Å². The first-order chi connectivity index (χ1) is 8.78. The number of nitrogens with two attached hydrogens (primary N) is 1. The molecule has 0 saturated heterocycles. The SMILES string of the molecule is Cl.Cn1nnc(CN(CCN)Cc2ccccc2)n1. The third kappa shape index (κ3) is 4.94. The molecule has 1 heterocycles. The Morgan fingerprint density at radius 1 is 1.21 bits per heavy atom. The molecule has 0 amide bonds. The Bertz CT molecular complexity index is 472. The van der Waals surface area contributed by atoms with Crippen molar-refractivity contribution in [1.29, 1.82) is 0 Å². The van der Waals surface area contributed by atoms with E-state index in [-0.39, 0.29) is 12.4 Å². The zero-order chi connectivity index (χ0) is 12.8. The van der Waals surface area contributed by atoms with Gasteiger partial charge in [-0.15, -0.1) is 22.6 Å². The van der Waals surface area contributed by atoms with Crippen molar-refractivity contribution in [2.75, 3.05) is 13.1 Å². The maximum absolute atomic E-state index is 5.64. The highest BCUT2D eigenvalue weighted by molar-refractivity contribution is 5.85. The Balaban J connectivity index is 0.00000180. The van der Waals surface area contributed by atoms with Crippen LogP contribution in [0.25, 0.3) is 0 Å². The molecule has 0 bridgehead atoms. The molecule has 0 radical (unpaired) electrons. The van der Waals surface area contributed by atoms with Crippen LogP contribution in [-0.4, -0.2) is 38.2 Å². The van der Waals surface area contributed by atoms with Gasteiger partial charge < -0.3 is 5.73 Å². The predicted octanol–water partition coefficient (Wildman–Crippen LogP) is 0.593. The lowest BCUT2D eigenvalue weighted by atomic mass is 10.2. The van der Waals surface area contributed by atoms with E-state index in [0.717, 1.165) is 18.9 Å². The largest absolute Gasteiger partial charge is 0.329 e. The number of nitrogens with zero attached hydrogens (tertiary/aromatic N) is 5. The molecule has 0 aliphatic carbocycles. The summed E-state index contributed by atoms with van der Waals surface area (Å²) >= 11 is 0. The van der Waals surface area contributed by atoms with E-state index in [1.54, 1.807) is 7.05 Å². The van der Waals surface area contributed by atoms with Crippen LogP contribution in [0.1, 0.15) is 11.4 Å². The summed E-state index contributed by atoms with van der Waals surface area (Å²) in [4.78, 5) is 3.69. The number of hydrogen-bond donors (Lipinski definition) is 1. The number of benzene rings is 1. The average Bonchev–Trinajstić information content (AvgIpc) is 2.76. The van der Waals surface area contributed by atoms with Gasteiger partial charge in [0.25, 0.3) is 0 Å². The highest BCUT2D eigenvalue weighted by Gasteiger charge is 2.09. The maximum Gasteiger partial charge on any atom is 0.188 e. The van der Waals surface area contributed by atoms with Gasteiger partial charge in [0.1, 0.15) is 0 Å². The first-order valence-corrected chi connectivity index (χ1v) is 5.97. The number of halogens is 1. The van der Waals surface area contributed by atoms with Crippen molar-refractivity contribution in [3.63, 3.8) is 0 Å². The van der Waals surface area contributed by atoms with Gasteiger partial charge in [-0.05, 0) is 10.8 Å². The Hall–Kier alpha value is -1.50. The lowest BCUT2D eigenvalue weighted by Crippen LogP contribution is -2.29. The van der Waals surface area contributed by atoms with Crippen LogP contribution < -0.4 is 5.73 Å². The summed E-state index contributed by atoms with van der Waals surface area (Å²) in [5.41, 5.74) is 6.90. The summed E-state index contributed by atoms with van der Waals surface area (Å²) in [6, 6.07) is 10.3. The highest BCUT2D eigenvalue weighted by atomic mass is 35.5. The topological polar surface area (TPSA) is 72.9 Å². The number of rotatable bonds is 6. The van der Waals surface area contributed by atoms with E-state index >= 15 is 0 Å². The van der Waals surface area contributed by atoms with Gasteiger partial charge in [-0.1, -0.05) is 30.3 Å². The van der Waals surface area contributed by atoms with Crippen molar-refractivity contribution in [3.05, 3.63) is 41.7 Å². The minimum atomic E-state index is 0. The van der Waals surface area contributed by atoms with Gasteiger partial charge in [0.2, 0.25) is 0 Å². The molecule has 6 nitrogen and oxygen atoms in total. The van der Waals surface area contributed by atoms with E-state index in [2.05, 4.69) is 32.4 Å². The lowest BCUT2D eigenvalue weighted by molar-refractivity contribution is 0.257. The first kappa shape index (κ1) is 15.6. The second-order valence-electron chi connectivity index (χ2n) is 4.18. The standard InChI is InChI=1S/C12H18N6.ClH/c1-17-15-12(14-16-17)10-18(8-7-13)9-11-5-3-2-4-6-11;/h2-6H,7-10,13H2,1H3;1H. The molecule has 1 aromatic heterocycles. The smallest absolute Gasteiger partial charge is 0.188 e. The number of tetrazole rings is 1. The van der Waals surface area contributed by atoms with Crippen molar-refractivity contribution < 1.29 is 0 Å². The minimum absolute atomic E-state index is 0. The molecule has 104 valence electrons.